The predicted molar refractivity (Wildman–Crippen MR) is 98.3 cm³/mol. The number of hydrogen-bond acceptors (Lipinski definition) is 7. The molecule has 1 aromatic carbocycles. The smallest absolute Gasteiger partial charge is 0.160 e. The second-order valence-electron chi connectivity index (χ2n) is 6.07. The van der Waals surface area contributed by atoms with Gasteiger partial charge in [0.05, 0.1) is 24.1 Å². The van der Waals surface area contributed by atoms with Crippen LogP contribution in [-0.4, -0.2) is 54.2 Å². The zero-order chi connectivity index (χ0) is 19.2. The van der Waals surface area contributed by atoms with E-state index in [2.05, 4.69) is 25.4 Å². The van der Waals surface area contributed by atoms with Crippen LogP contribution in [0.25, 0.3) is 0 Å². The third kappa shape index (κ3) is 4.34. The number of aromatic nitrogens is 2. The first-order valence-corrected chi connectivity index (χ1v) is 8.44. The number of benzene rings is 1. The zero-order valence-electron chi connectivity index (χ0n) is 15.0. The Morgan fingerprint density at radius 2 is 2.11 bits per heavy atom. The van der Waals surface area contributed by atoms with Crippen LogP contribution >= 0.6 is 0 Å². The summed E-state index contributed by atoms with van der Waals surface area (Å²) in [6.07, 6.45) is 1.65. The van der Waals surface area contributed by atoms with Crippen LogP contribution in [0.5, 0.6) is 5.75 Å². The van der Waals surface area contributed by atoms with Gasteiger partial charge in [-0.2, -0.15) is 15.7 Å². The van der Waals surface area contributed by atoms with E-state index in [9.17, 15) is 4.39 Å². The molecule has 0 saturated carbocycles. The lowest BCUT2D eigenvalue weighted by Gasteiger charge is -2.36. The molecule has 1 aromatic heterocycles. The van der Waals surface area contributed by atoms with Gasteiger partial charge in [0.15, 0.2) is 5.84 Å². The molecule has 1 fully saturated rings. The van der Waals surface area contributed by atoms with E-state index in [1.165, 1.54) is 13.2 Å². The Labute approximate surface area is 156 Å². The molecule has 9 nitrogen and oxygen atoms in total. The van der Waals surface area contributed by atoms with Gasteiger partial charge < -0.3 is 15.4 Å². The van der Waals surface area contributed by atoms with Crippen LogP contribution < -0.4 is 15.4 Å². The third-order valence-electron chi connectivity index (χ3n) is 4.42. The van der Waals surface area contributed by atoms with Gasteiger partial charge in [-0.3, -0.25) is 4.90 Å². The Morgan fingerprint density at radius 1 is 1.33 bits per heavy atom. The largest absolute Gasteiger partial charge is 0.497 e. The molecule has 0 unspecified atom stereocenters. The molecular formula is C17H21FN8O. The van der Waals surface area contributed by atoms with Crippen molar-refractivity contribution in [3.8, 4) is 5.75 Å². The molecule has 10 heteroatoms. The Hall–Kier alpha value is -3.14. The van der Waals surface area contributed by atoms with E-state index >= 15 is 0 Å². The molecule has 3 N–H and O–H groups in total. The fourth-order valence-electron chi connectivity index (χ4n) is 3.09. The standard InChI is InChI=1S/C17H21FN8O/c1-27-13-9-14(18)16(17(19)23-24-20)15(10-13)26-7-5-25(6-8-26)11-12-3-2-4-21-22-12/h2-4,9-10H,5-8,11H2,1H3,(H3,19,20,23). The third-order valence-corrected chi connectivity index (χ3v) is 4.42. The van der Waals surface area contributed by atoms with Crippen LogP contribution in [0, 0.1) is 11.3 Å². The number of hydrogen-bond donors (Lipinski definition) is 2. The van der Waals surface area contributed by atoms with Crippen molar-refractivity contribution in [3.05, 3.63) is 47.5 Å². The number of piperazine rings is 1. The maximum absolute atomic E-state index is 14.6. The van der Waals surface area contributed by atoms with Crippen molar-refractivity contribution in [1.82, 2.24) is 15.1 Å². The number of nitrogens with one attached hydrogen (secondary N) is 1. The van der Waals surface area contributed by atoms with Gasteiger partial charge in [0.2, 0.25) is 0 Å². The molecule has 0 aliphatic carbocycles. The minimum Gasteiger partial charge on any atom is -0.497 e. The van der Waals surface area contributed by atoms with Crippen LogP contribution in [0.3, 0.4) is 0 Å². The molecule has 3 rings (SSSR count). The molecule has 1 aliphatic heterocycles. The van der Waals surface area contributed by atoms with Crippen LogP contribution in [-0.2, 0) is 6.54 Å². The first kappa shape index (κ1) is 18.6. The van der Waals surface area contributed by atoms with E-state index in [0.29, 0.717) is 31.1 Å². The molecule has 1 aliphatic rings. The summed E-state index contributed by atoms with van der Waals surface area (Å²) in [5, 5.41) is 14.4. The highest BCUT2D eigenvalue weighted by atomic mass is 19.1. The predicted octanol–water partition coefficient (Wildman–Crippen LogP) is 1.60. The monoisotopic (exact) mass is 372 g/mol. The van der Waals surface area contributed by atoms with Crippen molar-refractivity contribution in [2.45, 2.75) is 6.54 Å². The lowest BCUT2D eigenvalue weighted by atomic mass is 10.1. The number of rotatable bonds is 6. The summed E-state index contributed by atoms with van der Waals surface area (Å²) in [6, 6.07) is 6.78. The SMILES string of the molecule is COc1cc(F)c(C(N)=NN=N)c(N2CCN(Cc3cccnn3)CC2)c1. The lowest BCUT2D eigenvalue weighted by Crippen LogP contribution is -2.46. The van der Waals surface area contributed by atoms with Gasteiger partial charge in [0, 0.05) is 51.1 Å². The van der Waals surface area contributed by atoms with Gasteiger partial charge in [-0.1, -0.05) is 5.22 Å². The summed E-state index contributed by atoms with van der Waals surface area (Å²) in [7, 11) is 1.48. The van der Waals surface area contributed by atoms with Gasteiger partial charge in [0.1, 0.15) is 11.6 Å². The van der Waals surface area contributed by atoms with Crippen molar-refractivity contribution in [1.29, 1.82) is 5.53 Å². The quantitative estimate of drug-likeness (QED) is 0.344. The van der Waals surface area contributed by atoms with E-state index in [0.717, 1.165) is 18.8 Å². The maximum atomic E-state index is 14.6. The first-order chi connectivity index (χ1) is 13.1. The average molecular weight is 372 g/mol. The summed E-state index contributed by atoms with van der Waals surface area (Å²) < 4.78 is 19.8. The molecule has 0 bridgehead atoms. The molecule has 1 saturated heterocycles. The number of methoxy groups -OCH3 is 1. The fourth-order valence-corrected chi connectivity index (χ4v) is 3.09. The van der Waals surface area contributed by atoms with Crippen molar-refractivity contribution < 1.29 is 9.13 Å². The fraction of sp³-hybridized carbons (Fsp3) is 0.353. The summed E-state index contributed by atoms with van der Waals surface area (Å²) in [6.45, 7) is 3.60. The van der Waals surface area contributed by atoms with Gasteiger partial charge >= 0.3 is 0 Å². The molecule has 0 atom stereocenters. The number of ether oxygens (including phenoxy) is 1. The average Bonchev–Trinajstić information content (AvgIpc) is 2.69. The van der Waals surface area contributed by atoms with Crippen molar-refractivity contribution in [2.24, 2.45) is 16.1 Å². The second-order valence-corrected chi connectivity index (χ2v) is 6.07. The normalized spacial score (nSPS) is 15.6. The van der Waals surface area contributed by atoms with E-state index in [4.69, 9.17) is 16.0 Å². The van der Waals surface area contributed by atoms with Crippen LogP contribution in [0.1, 0.15) is 11.3 Å². The van der Waals surface area contributed by atoms with Gasteiger partial charge in [-0.15, -0.1) is 5.10 Å². The van der Waals surface area contributed by atoms with Crippen LogP contribution in [0.2, 0.25) is 0 Å². The van der Waals surface area contributed by atoms with E-state index in [1.54, 1.807) is 12.3 Å². The Bertz CT molecular complexity index is 821. The molecule has 2 heterocycles. The zero-order valence-corrected chi connectivity index (χ0v) is 15.0. The summed E-state index contributed by atoms with van der Waals surface area (Å²) in [5.74, 6) is -0.303. The highest BCUT2D eigenvalue weighted by Gasteiger charge is 2.24. The molecule has 0 spiro atoms. The van der Waals surface area contributed by atoms with Crippen molar-refractivity contribution in [3.63, 3.8) is 0 Å². The Kier molecular flexibility index (Phi) is 5.87. The Balaban J connectivity index is 1.79. The van der Waals surface area contributed by atoms with Gasteiger partial charge in [-0.05, 0) is 12.1 Å². The highest BCUT2D eigenvalue weighted by molar-refractivity contribution is 6.03. The lowest BCUT2D eigenvalue weighted by molar-refractivity contribution is 0.246. The topological polar surface area (TPSA) is 116 Å². The van der Waals surface area contributed by atoms with Crippen molar-refractivity contribution in [2.75, 3.05) is 38.2 Å². The number of halogens is 1. The van der Waals surface area contributed by atoms with E-state index in [1.807, 2.05) is 17.0 Å². The number of amidine groups is 1. The first-order valence-electron chi connectivity index (χ1n) is 8.44. The van der Waals surface area contributed by atoms with E-state index in [-0.39, 0.29) is 11.4 Å². The van der Waals surface area contributed by atoms with Gasteiger partial charge in [-0.25, -0.2) is 4.39 Å². The molecule has 27 heavy (non-hydrogen) atoms. The Morgan fingerprint density at radius 3 is 2.74 bits per heavy atom. The summed E-state index contributed by atoms with van der Waals surface area (Å²) in [5.41, 5.74) is 14.3. The summed E-state index contributed by atoms with van der Waals surface area (Å²) in [4.78, 5) is 4.29. The summed E-state index contributed by atoms with van der Waals surface area (Å²) >= 11 is 0. The van der Waals surface area contributed by atoms with Crippen molar-refractivity contribution >= 4 is 11.5 Å². The number of nitrogens with two attached hydrogens (primary N) is 1. The molecule has 2 aromatic rings. The van der Waals surface area contributed by atoms with E-state index < -0.39 is 5.82 Å². The van der Waals surface area contributed by atoms with Crippen LogP contribution in [0.4, 0.5) is 10.1 Å². The second kappa shape index (κ2) is 8.49. The minimum absolute atomic E-state index is 0.133. The molecule has 142 valence electrons. The van der Waals surface area contributed by atoms with Gasteiger partial charge in [0.25, 0.3) is 0 Å². The van der Waals surface area contributed by atoms with Crippen LogP contribution in [0.15, 0.2) is 40.8 Å². The molecular weight excluding hydrogens is 351 g/mol. The minimum atomic E-state index is -0.559. The molecule has 0 radical (unpaired) electrons. The number of anilines is 1. The maximum Gasteiger partial charge on any atom is 0.160 e. The number of nitrogens with zero attached hydrogens (tertiary/aromatic N) is 6. The molecule has 0 amide bonds. The highest BCUT2D eigenvalue weighted by Crippen LogP contribution is 2.30.